The first-order valence-corrected chi connectivity index (χ1v) is 4.05. The summed E-state index contributed by atoms with van der Waals surface area (Å²) in [5.74, 6) is 5.04. The van der Waals surface area contributed by atoms with Crippen LogP contribution in [0.1, 0.15) is 12.0 Å². The van der Waals surface area contributed by atoms with Gasteiger partial charge in [-0.1, -0.05) is 17.9 Å². The Morgan fingerprint density at radius 3 is 2.87 bits per heavy atom. The Kier molecular flexibility index (Phi) is 3.26. The SMILES string of the molecule is N#CCC#Cc1cccc(N)c1[N+](=O)[O-]. The summed E-state index contributed by atoms with van der Waals surface area (Å²) < 4.78 is 0. The van der Waals surface area contributed by atoms with E-state index in [-0.39, 0.29) is 23.4 Å². The molecule has 0 aliphatic rings. The second-order valence-electron chi connectivity index (χ2n) is 2.64. The van der Waals surface area contributed by atoms with Crippen molar-refractivity contribution in [3.05, 3.63) is 33.9 Å². The molecule has 0 aliphatic heterocycles. The Hall–Kier alpha value is -2.53. The van der Waals surface area contributed by atoms with Gasteiger partial charge in [-0.3, -0.25) is 10.1 Å². The summed E-state index contributed by atoms with van der Waals surface area (Å²) in [7, 11) is 0. The van der Waals surface area contributed by atoms with E-state index in [0.29, 0.717) is 0 Å². The zero-order valence-corrected chi connectivity index (χ0v) is 7.73. The van der Waals surface area contributed by atoms with Crippen molar-refractivity contribution in [2.45, 2.75) is 6.42 Å². The average molecular weight is 201 g/mol. The molecule has 0 unspecified atom stereocenters. The maximum atomic E-state index is 10.7. The van der Waals surface area contributed by atoms with Gasteiger partial charge in [0.1, 0.15) is 11.3 Å². The van der Waals surface area contributed by atoms with Crippen molar-refractivity contribution in [2.75, 3.05) is 5.73 Å². The number of nitrogens with zero attached hydrogens (tertiary/aromatic N) is 2. The van der Waals surface area contributed by atoms with Gasteiger partial charge in [0.05, 0.1) is 17.4 Å². The van der Waals surface area contributed by atoms with E-state index in [2.05, 4.69) is 11.8 Å². The molecule has 15 heavy (non-hydrogen) atoms. The van der Waals surface area contributed by atoms with Crippen molar-refractivity contribution in [3.8, 4) is 17.9 Å². The Morgan fingerprint density at radius 2 is 2.27 bits per heavy atom. The summed E-state index contributed by atoms with van der Waals surface area (Å²) in [6.07, 6.45) is 0.0337. The van der Waals surface area contributed by atoms with Gasteiger partial charge in [-0.25, -0.2) is 0 Å². The molecule has 0 fully saturated rings. The summed E-state index contributed by atoms with van der Waals surface area (Å²) in [5.41, 5.74) is 5.55. The van der Waals surface area contributed by atoms with Crippen LogP contribution in [0, 0.1) is 33.3 Å². The zero-order valence-electron chi connectivity index (χ0n) is 7.73. The van der Waals surface area contributed by atoms with Gasteiger partial charge in [-0.05, 0) is 12.1 Å². The molecule has 0 saturated heterocycles. The third-order valence-electron chi connectivity index (χ3n) is 1.64. The number of nitriles is 1. The fourth-order valence-corrected chi connectivity index (χ4v) is 1.04. The van der Waals surface area contributed by atoms with Crippen molar-refractivity contribution in [3.63, 3.8) is 0 Å². The molecular formula is C10H7N3O2. The fraction of sp³-hybridized carbons (Fsp3) is 0.100. The van der Waals surface area contributed by atoms with Crippen LogP contribution in [-0.4, -0.2) is 4.92 Å². The molecule has 0 heterocycles. The molecule has 1 aromatic carbocycles. The first-order chi connectivity index (χ1) is 7.16. The Morgan fingerprint density at radius 1 is 1.53 bits per heavy atom. The number of hydrogen-bond acceptors (Lipinski definition) is 4. The highest BCUT2D eigenvalue weighted by atomic mass is 16.6. The van der Waals surface area contributed by atoms with E-state index in [9.17, 15) is 10.1 Å². The van der Waals surface area contributed by atoms with Gasteiger partial charge in [0.15, 0.2) is 0 Å². The molecule has 1 rings (SSSR count). The number of nitrogen functional groups attached to an aromatic ring is 1. The van der Waals surface area contributed by atoms with Gasteiger partial charge in [0, 0.05) is 0 Å². The van der Waals surface area contributed by atoms with Crippen LogP contribution in [0.5, 0.6) is 0 Å². The summed E-state index contributed by atoms with van der Waals surface area (Å²) >= 11 is 0. The number of rotatable bonds is 1. The van der Waals surface area contributed by atoms with Crippen molar-refractivity contribution >= 4 is 11.4 Å². The number of nitro groups is 1. The monoisotopic (exact) mass is 201 g/mol. The largest absolute Gasteiger partial charge is 0.393 e. The molecular weight excluding hydrogens is 194 g/mol. The summed E-state index contributed by atoms with van der Waals surface area (Å²) in [5, 5.41) is 18.9. The Balaban J connectivity index is 3.21. The lowest BCUT2D eigenvalue weighted by atomic mass is 10.1. The fourth-order valence-electron chi connectivity index (χ4n) is 1.04. The van der Waals surface area contributed by atoms with Crippen LogP contribution in [-0.2, 0) is 0 Å². The molecule has 0 aliphatic carbocycles. The maximum absolute atomic E-state index is 10.7. The van der Waals surface area contributed by atoms with Gasteiger partial charge in [-0.2, -0.15) is 5.26 Å². The molecule has 0 spiro atoms. The Labute approximate surface area is 86.3 Å². The lowest BCUT2D eigenvalue weighted by Gasteiger charge is -1.98. The highest BCUT2D eigenvalue weighted by molar-refractivity contribution is 5.66. The predicted octanol–water partition coefficient (Wildman–Crippen LogP) is 1.44. The molecule has 0 amide bonds. The highest BCUT2D eigenvalue weighted by Gasteiger charge is 2.15. The summed E-state index contributed by atoms with van der Waals surface area (Å²) in [6.45, 7) is 0. The van der Waals surface area contributed by atoms with Gasteiger partial charge in [0.2, 0.25) is 0 Å². The smallest absolute Gasteiger partial charge is 0.307 e. The van der Waals surface area contributed by atoms with Crippen LogP contribution in [0.4, 0.5) is 11.4 Å². The normalized spacial score (nSPS) is 8.47. The van der Waals surface area contributed by atoms with Gasteiger partial charge in [0.25, 0.3) is 0 Å². The third-order valence-corrected chi connectivity index (χ3v) is 1.64. The number of nitrogens with two attached hydrogens (primary N) is 1. The van der Waals surface area contributed by atoms with Crippen LogP contribution in [0.3, 0.4) is 0 Å². The standard InChI is InChI=1S/C10H7N3O2/c11-7-2-1-4-8-5-3-6-9(12)10(8)13(14)15/h3,5-6H,2,12H2. The van der Waals surface area contributed by atoms with Crippen LogP contribution in [0.15, 0.2) is 18.2 Å². The highest BCUT2D eigenvalue weighted by Crippen LogP contribution is 2.24. The second kappa shape index (κ2) is 4.64. The minimum Gasteiger partial charge on any atom is -0.393 e. The number of benzene rings is 1. The van der Waals surface area contributed by atoms with E-state index < -0.39 is 4.92 Å². The molecule has 0 saturated carbocycles. The molecule has 74 valence electrons. The number of para-hydroxylation sites is 1. The van der Waals surface area contributed by atoms with Crippen LogP contribution < -0.4 is 5.73 Å². The van der Waals surface area contributed by atoms with E-state index in [0.717, 1.165) is 0 Å². The molecule has 5 nitrogen and oxygen atoms in total. The van der Waals surface area contributed by atoms with E-state index in [1.165, 1.54) is 12.1 Å². The van der Waals surface area contributed by atoms with E-state index in [1.54, 1.807) is 6.07 Å². The molecule has 1 aromatic rings. The van der Waals surface area contributed by atoms with Crippen LogP contribution in [0.25, 0.3) is 0 Å². The van der Waals surface area contributed by atoms with Crippen LogP contribution in [0.2, 0.25) is 0 Å². The van der Waals surface area contributed by atoms with Crippen LogP contribution >= 0.6 is 0 Å². The lowest BCUT2D eigenvalue weighted by molar-refractivity contribution is -0.384. The first-order valence-electron chi connectivity index (χ1n) is 4.05. The quantitative estimate of drug-likeness (QED) is 0.322. The van der Waals surface area contributed by atoms with Crippen molar-refractivity contribution < 1.29 is 4.92 Å². The predicted molar refractivity (Wildman–Crippen MR) is 54.6 cm³/mol. The molecule has 0 aromatic heterocycles. The topological polar surface area (TPSA) is 93.0 Å². The van der Waals surface area contributed by atoms with Gasteiger partial charge < -0.3 is 5.73 Å². The first kappa shape index (κ1) is 10.6. The number of nitro benzene ring substituents is 1. The number of anilines is 1. The summed E-state index contributed by atoms with van der Waals surface area (Å²) in [6, 6.07) is 6.35. The second-order valence-corrected chi connectivity index (χ2v) is 2.64. The molecule has 2 N–H and O–H groups in total. The summed E-state index contributed by atoms with van der Waals surface area (Å²) in [4.78, 5) is 10.1. The zero-order chi connectivity index (χ0) is 11.3. The van der Waals surface area contributed by atoms with E-state index in [4.69, 9.17) is 11.0 Å². The molecule has 0 bridgehead atoms. The lowest BCUT2D eigenvalue weighted by Crippen LogP contribution is -1.98. The molecule has 0 radical (unpaired) electrons. The third kappa shape index (κ3) is 2.45. The van der Waals surface area contributed by atoms with Gasteiger partial charge >= 0.3 is 5.69 Å². The average Bonchev–Trinajstić information content (AvgIpc) is 2.17. The van der Waals surface area contributed by atoms with Crippen molar-refractivity contribution in [1.82, 2.24) is 0 Å². The molecule has 5 heteroatoms. The van der Waals surface area contributed by atoms with Crippen molar-refractivity contribution in [2.24, 2.45) is 0 Å². The molecule has 0 atom stereocenters. The van der Waals surface area contributed by atoms with E-state index >= 15 is 0 Å². The minimum atomic E-state index is -0.578. The van der Waals surface area contributed by atoms with Gasteiger partial charge in [-0.15, -0.1) is 0 Å². The van der Waals surface area contributed by atoms with Crippen molar-refractivity contribution in [1.29, 1.82) is 5.26 Å². The van der Waals surface area contributed by atoms with E-state index in [1.807, 2.05) is 6.07 Å². The maximum Gasteiger partial charge on any atom is 0.307 e. The number of hydrogen-bond donors (Lipinski definition) is 1. The Bertz CT molecular complexity index is 492. The minimum absolute atomic E-state index is 0.0337.